The van der Waals surface area contributed by atoms with E-state index in [9.17, 15) is 13.2 Å². The predicted molar refractivity (Wildman–Crippen MR) is 57.1 cm³/mol. The fourth-order valence-electron chi connectivity index (χ4n) is 1.34. The molecular weight excluding hydrogens is 246 g/mol. The van der Waals surface area contributed by atoms with Crippen molar-refractivity contribution in [1.29, 1.82) is 0 Å². The van der Waals surface area contributed by atoms with Crippen LogP contribution in [0.1, 0.15) is 0 Å². The Morgan fingerprint density at radius 2 is 1.94 bits per heavy atom. The molecule has 1 aromatic heterocycles. The van der Waals surface area contributed by atoms with Crippen LogP contribution in [0.25, 0.3) is 5.69 Å². The molecule has 0 fully saturated rings. The summed E-state index contributed by atoms with van der Waals surface area (Å²) in [6.07, 6.45) is 0. The van der Waals surface area contributed by atoms with Gasteiger partial charge in [0.25, 0.3) is 0 Å². The minimum Gasteiger partial charge on any atom is -0.281 e. The van der Waals surface area contributed by atoms with Crippen molar-refractivity contribution in [3.63, 3.8) is 0 Å². The van der Waals surface area contributed by atoms with E-state index in [4.69, 9.17) is 0 Å². The van der Waals surface area contributed by atoms with Crippen LogP contribution >= 0.6 is 0 Å². The summed E-state index contributed by atoms with van der Waals surface area (Å²) in [5, 5.41) is 1.75. The molecule has 90 valence electrons. The molecular formula is C9H10N3O4S+. The number of nitrogens with zero attached hydrogens (tertiary/aromatic N) is 1. The third-order valence-corrected chi connectivity index (χ3v) is 3.54. The number of nitrogens with one attached hydrogen (secondary N) is 2. The monoisotopic (exact) mass is 256 g/mol. The Bertz CT molecular complexity index is 672. The van der Waals surface area contributed by atoms with Crippen molar-refractivity contribution in [2.24, 2.45) is 0 Å². The highest BCUT2D eigenvalue weighted by Crippen LogP contribution is 2.01. The zero-order valence-corrected chi connectivity index (χ0v) is 9.69. The lowest BCUT2D eigenvalue weighted by Gasteiger charge is -1.94. The zero-order valence-electron chi connectivity index (χ0n) is 8.88. The summed E-state index contributed by atoms with van der Waals surface area (Å²) in [6, 6.07) is 8.47. The summed E-state index contributed by atoms with van der Waals surface area (Å²) < 4.78 is 31.0. The van der Waals surface area contributed by atoms with Gasteiger partial charge in [0, 0.05) is 12.1 Å². The SMILES string of the molecule is CNS(=O)(=O)c1c(=O)o[nH][n+]1-c1ccccc1. The fourth-order valence-corrected chi connectivity index (χ4v) is 2.17. The van der Waals surface area contributed by atoms with Crippen molar-refractivity contribution in [3.05, 3.63) is 40.8 Å². The maximum atomic E-state index is 11.7. The van der Waals surface area contributed by atoms with Crippen LogP contribution in [0.5, 0.6) is 0 Å². The molecule has 0 aliphatic heterocycles. The molecule has 2 N–H and O–H groups in total. The molecule has 2 rings (SSSR count). The molecule has 1 heterocycles. The Balaban J connectivity index is 2.71. The van der Waals surface area contributed by atoms with E-state index in [0.29, 0.717) is 5.69 Å². The quantitative estimate of drug-likeness (QED) is 0.699. The number of hydrogen-bond acceptors (Lipinski definition) is 4. The molecule has 1 aromatic carbocycles. The average molecular weight is 256 g/mol. The molecule has 0 amide bonds. The third-order valence-electron chi connectivity index (χ3n) is 2.15. The highest BCUT2D eigenvalue weighted by molar-refractivity contribution is 7.89. The normalized spacial score (nSPS) is 11.6. The Morgan fingerprint density at radius 1 is 1.29 bits per heavy atom. The van der Waals surface area contributed by atoms with E-state index in [1.807, 2.05) is 0 Å². The molecule has 0 saturated heterocycles. The molecule has 0 saturated carbocycles. The lowest BCUT2D eigenvalue weighted by atomic mass is 10.3. The van der Waals surface area contributed by atoms with Crippen LogP contribution in [-0.2, 0) is 10.0 Å². The van der Waals surface area contributed by atoms with Gasteiger partial charge in [0.2, 0.25) is 5.69 Å². The van der Waals surface area contributed by atoms with Crippen molar-refractivity contribution in [2.45, 2.75) is 5.03 Å². The maximum Gasteiger partial charge on any atom is 0.448 e. The lowest BCUT2D eigenvalue weighted by molar-refractivity contribution is -0.705. The van der Waals surface area contributed by atoms with Crippen molar-refractivity contribution in [1.82, 2.24) is 9.99 Å². The minimum atomic E-state index is -3.89. The molecule has 8 heteroatoms. The summed E-state index contributed by atoms with van der Waals surface area (Å²) in [5.41, 5.74) is -0.477. The van der Waals surface area contributed by atoms with Crippen LogP contribution in [0.3, 0.4) is 0 Å². The van der Waals surface area contributed by atoms with Crippen LogP contribution in [0.15, 0.2) is 44.7 Å². The van der Waals surface area contributed by atoms with Crippen molar-refractivity contribution in [2.75, 3.05) is 7.05 Å². The van der Waals surface area contributed by atoms with E-state index in [0.717, 1.165) is 4.68 Å². The third kappa shape index (κ3) is 1.99. The molecule has 7 nitrogen and oxygen atoms in total. The van der Waals surface area contributed by atoms with Gasteiger partial charge < -0.3 is 0 Å². The maximum absolute atomic E-state index is 11.7. The van der Waals surface area contributed by atoms with Crippen molar-refractivity contribution >= 4 is 10.0 Å². The molecule has 2 aromatic rings. The Morgan fingerprint density at radius 3 is 2.53 bits per heavy atom. The van der Waals surface area contributed by atoms with Gasteiger partial charge in [-0.05, 0) is 17.0 Å². The van der Waals surface area contributed by atoms with Crippen LogP contribution in [-0.4, -0.2) is 20.7 Å². The van der Waals surface area contributed by atoms with E-state index in [2.05, 4.69) is 14.5 Å². The first kappa shape index (κ1) is 11.6. The highest BCUT2D eigenvalue weighted by Gasteiger charge is 2.35. The minimum absolute atomic E-state index is 0.479. The Hall–Kier alpha value is -1.93. The molecule has 0 unspecified atom stereocenters. The first-order valence-corrected chi connectivity index (χ1v) is 6.17. The number of sulfonamides is 1. The summed E-state index contributed by atoms with van der Waals surface area (Å²) in [4.78, 5) is 11.4. The molecule has 0 atom stereocenters. The predicted octanol–water partition coefficient (Wildman–Crippen LogP) is -0.847. The number of rotatable bonds is 3. The first-order chi connectivity index (χ1) is 8.06. The summed E-state index contributed by atoms with van der Waals surface area (Å²) in [6.45, 7) is 0. The summed E-state index contributed by atoms with van der Waals surface area (Å²) in [5.74, 6) is 0. The van der Waals surface area contributed by atoms with Crippen LogP contribution in [0.4, 0.5) is 0 Å². The van der Waals surface area contributed by atoms with E-state index in [1.54, 1.807) is 30.3 Å². The van der Waals surface area contributed by atoms with Crippen molar-refractivity contribution < 1.29 is 17.6 Å². The number of aromatic amines is 1. The second-order valence-corrected chi connectivity index (χ2v) is 4.97. The van der Waals surface area contributed by atoms with Gasteiger partial charge in [-0.3, -0.25) is 4.52 Å². The van der Waals surface area contributed by atoms with Gasteiger partial charge in [0.15, 0.2) is 0 Å². The van der Waals surface area contributed by atoms with Gasteiger partial charge >= 0.3 is 20.7 Å². The number of aromatic nitrogens is 2. The second-order valence-electron chi connectivity index (χ2n) is 3.16. The van der Waals surface area contributed by atoms with E-state index >= 15 is 0 Å². The van der Waals surface area contributed by atoms with E-state index in [1.165, 1.54) is 7.05 Å². The van der Waals surface area contributed by atoms with Gasteiger partial charge in [-0.25, -0.2) is 17.9 Å². The number of benzene rings is 1. The zero-order chi connectivity index (χ0) is 12.5. The largest absolute Gasteiger partial charge is 0.448 e. The van der Waals surface area contributed by atoms with Crippen LogP contribution < -0.4 is 15.0 Å². The molecule has 0 spiro atoms. The first-order valence-electron chi connectivity index (χ1n) is 4.69. The fraction of sp³-hybridized carbons (Fsp3) is 0.111. The summed E-state index contributed by atoms with van der Waals surface area (Å²) in [7, 11) is -2.67. The average Bonchev–Trinajstić information content (AvgIpc) is 2.73. The molecule has 0 aliphatic carbocycles. The highest BCUT2D eigenvalue weighted by atomic mass is 32.2. The Labute approximate surface area is 96.7 Å². The van der Waals surface area contributed by atoms with Gasteiger partial charge in [0.05, 0.1) is 0 Å². The number of H-pyrrole nitrogens is 1. The van der Waals surface area contributed by atoms with Gasteiger partial charge in [0.1, 0.15) is 0 Å². The lowest BCUT2D eigenvalue weighted by Crippen LogP contribution is -2.43. The van der Waals surface area contributed by atoms with Crippen molar-refractivity contribution in [3.8, 4) is 5.69 Å². The van der Waals surface area contributed by atoms with Crippen LogP contribution in [0.2, 0.25) is 0 Å². The molecule has 17 heavy (non-hydrogen) atoms. The van der Waals surface area contributed by atoms with Crippen LogP contribution in [0, 0.1) is 0 Å². The van der Waals surface area contributed by atoms with E-state index < -0.39 is 20.7 Å². The molecule has 0 bridgehead atoms. The number of hydrogen-bond donors (Lipinski definition) is 2. The molecule has 0 aliphatic rings. The topological polar surface area (TPSA) is 96.0 Å². The Kier molecular flexibility index (Phi) is 2.82. The molecule has 0 radical (unpaired) electrons. The summed E-state index contributed by atoms with van der Waals surface area (Å²) >= 11 is 0. The second kappa shape index (κ2) is 4.15. The van der Waals surface area contributed by atoms with E-state index in [-0.39, 0.29) is 0 Å². The smallest absolute Gasteiger partial charge is 0.281 e. The standard InChI is InChI=1S/C9H9N3O4S/c1-10-17(14,15)8-9(13)16-11-12(8)7-5-3-2-4-6-7/h2-6,10H,1H3/p+1. The number of para-hydroxylation sites is 1. The van der Waals surface area contributed by atoms with Gasteiger partial charge in [-0.2, -0.15) is 0 Å². The van der Waals surface area contributed by atoms with Gasteiger partial charge in [-0.1, -0.05) is 18.2 Å². The van der Waals surface area contributed by atoms with Gasteiger partial charge in [-0.15, -0.1) is 0 Å².